The van der Waals surface area contributed by atoms with Gasteiger partial charge in [0.25, 0.3) is 0 Å². The summed E-state index contributed by atoms with van der Waals surface area (Å²) in [5.41, 5.74) is 1.85. The van der Waals surface area contributed by atoms with E-state index in [2.05, 4.69) is 21.2 Å². The summed E-state index contributed by atoms with van der Waals surface area (Å²) >= 11 is 3.45. The Kier molecular flexibility index (Phi) is 4.20. The molecule has 0 aliphatic rings. The highest BCUT2D eigenvalue weighted by atomic mass is 79.9. The van der Waals surface area contributed by atoms with Gasteiger partial charge >= 0.3 is 0 Å². The molecule has 0 aliphatic heterocycles. The molecule has 0 saturated heterocycles. The summed E-state index contributed by atoms with van der Waals surface area (Å²) in [7, 11) is 1.46. The largest absolute Gasteiger partial charge is 0.494 e. The summed E-state index contributed by atoms with van der Waals surface area (Å²) < 4.78 is 19.4. The molecule has 0 spiro atoms. The maximum atomic E-state index is 13.5. The van der Waals surface area contributed by atoms with E-state index in [9.17, 15) is 4.39 Å². The third-order valence-electron chi connectivity index (χ3n) is 2.57. The van der Waals surface area contributed by atoms with Gasteiger partial charge in [0.2, 0.25) is 0 Å². The van der Waals surface area contributed by atoms with Gasteiger partial charge in [-0.15, -0.1) is 0 Å². The monoisotopic (exact) mass is 309 g/mol. The zero-order valence-electron chi connectivity index (χ0n) is 9.91. The fourth-order valence-electron chi connectivity index (χ4n) is 1.62. The lowest BCUT2D eigenvalue weighted by molar-refractivity contribution is 0.386. The molecule has 0 aliphatic carbocycles. The summed E-state index contributed by atoms with van der Waals surface area (Å²) in [6, 6.07) is 12.8. The van der Waals surface area contributed by atoms with Crippen LogP contribution in [0.2, 0.25) is 0 Å². The number of nitrogens with one attached hydrogen (secondary N) is 1. The standard InChI is InChI=1S/C14H13BrFNO/c1-18-14-7-6-10(8-12(14)16)9-17-13-5-3-2-4-11(13)15/h2-8,17H,9H2,1H3. The van der Waals surface area contributed by atoms with Crippen molar-refractivity contribution in [2.75, 3.05) is 12.4 Å². The minimum atomic E-state index is -0.344. The van der Waals surface area contributed by atoms with Gasteiger partial charge in [0, 0.05) is 16.7 Å². The van der Waals surface area contributed by atoms with Crippen LogP contribution in [0, 0.1) is 5.82 Å². The van der Waals surface area contributed by atoms with Gasteiger partial charge in [0.1, 0.15) is 0 Å². The second-order valence-electron chi connectivity index (χ2n) is 3.80. The Bertz CT molecular complexity index is 545. The number of benzene rings is 2. The summed E-state index contributed by atoms with van der Waals surface area (Å²) in [4.78, 5) is 0. The van der Waals surface area contributed by atoms with Crippen LogP contribution in [0.4, 0.5) is 10.1 Å². The maximum absolute atomic E-state index is 13.5. The summed E-state index contributed by atoms with van der Waals surface area (Å²) in [5.74, 6) is -0.0800. The van der Waals surface area contributed by atoms with Crippen LogP contribution in [0.15, 0.2) is 46.9 Å². The van der Waals surface area contributed by atoms with Crippen LogP contribution >= 0.6 is 15.9 Å². The van der Waals surface area contributed by atoms with Crippen molar-refractivity contribution in [3.05, 3.63) is 58.3 Å². The van der Waals surface area contributed by atoms with Crippen LogP contribution in [-0.2, 0) is 6.54 Å². The molecule has 0 atom stereocenters. The second kappa shape index (κ2) is 5.87. The first-order valence-electron chi connectivity index (χ1n) is 5.51. The van der Waals surface area contributed by atoms with Crippen LogP contribution in [0.3, 0.4) is 0 Å². The van der Waals surface area contributed by atoms with Gasteiger partial charge in [0.05, 0.1) is 7.11 Å². The molecule has 0 unspecified atom stereocenters. The van der Waals surface area contributed by atoms with Crippen molar-refractivity contribution in [3.63, 3.8) is 0 Å². The van der Waals surface area contributed by atoms with Crippen molar-refractivity contribution in [2.45, 2.75) is 6.54 Å². The molecule has 0 bridgehead atoms. The molecule has 18 heavy (non-hydrogen) atoms. The Hall–Kier alpha value is -1.55. The lowest BCUT2D eigenvalue weighted by atomic mass is 10.2. The van der Waals surface area contributed by atoms with E-state index in [1.54, 1.807) is 6.07 Å². The predicted octanol–water partition coefficient (Wildman–Crippen LogP) is 4.21. The number of ether oxygens (including phenoxy) is 1. The van der Waals surface area contributed by atoms with Gasteiger partial charge in [-0.2, -0.15) is 0 Å². The Morgan fingerprint density at radius 2 is 2.00 bits per heavy atom. The van der Waals surface area contributed by atoms with E-state index >= 15 is 0 Å². The zero-order chi connectivity index (χ0) is 13.0. The van der Waals surface area contributed by atoms with Crippen LogP contribution < -0.4 is 10.1 Å². The number of methoxy groups -OCH3 is 1. The molecular formula is C14H13BrFNO. The first-order chi connectivity index (χ1) is 8.70. The highest BCUT2D eigenvalue weighted by Crippen LogP contribution is 2.23. The highest BCUT2D eigenvalue weighted by Gasteiger charge is 2.04. The van der Waals surface area contributed by atoms with Crippen LogP contribution in [0.5, 0.6) is 5.75 Å². The van der Waals surface area contributed by atoms with Crippen molar-refractivity contribution in [2.24, 2.45) is 0 Å². The molecule has 2 rings (SSSR count). The number of rotatable bonds is 4. The Morgan fingerprint density at radius 3 is 2.67 bits per heavy atom. The Balaban J connectivity index is 2.07. The van der Waals surface area contributed by atoms with E-state index in [0.717, 1.165) is 15.7 Å². The smallest absolute Gasteiger partial charge is 0.165 e. The number of anilines is 1. The summed E-state index contributed by atoms with van der Waals surface area (Å²) in [6.45, 7) is 0.559. The van der Waals surface area contributed by atoms with Crippen molar-refractivity contribution in [1.82, 2.24) is 0 Å². The molecule has 2 aromatic rings. The van der Waals surface area contributed by atoms with E-state index in [-0.39, 0.29) is 11.6 Å². The normalized spacial score (nSPS) is 10.2. The first-order valence-corrected chi connectivity index (χ1v) is 6.31. The average Bonchev–Trinajstić information content (AvgIpc) is 2.38. The van der Waals surface area contributed by atoms with Crippen LogP contribution in [-0.4, -0.2) is 7.11 Å². The van der Waals surface area contributed by atoms with Gasteiger partial charge in [0.15, 0.2) is 11.6 Å². The lowest BCUT2D eigenvalue weighted by Crippen LogP contribution is -2.01. The SMILES string of the molecule is COc1ccc(CNc2ccccc2Br)cc1F. The zero-order valence-corrected chi connectivity index (χ0v) is 11.5. The summed E-state index contributed by atoms with van der Waals surface area (Å²) in [6.07, 6.45) is 0. The van der Waals surface area contributed by atoms with Gasteiger partial charge in [-0.3, -0.25) is 0 Å². The topological polar surface area (TPSA) is 21.3 Å². The van der Waals surface area contributed by atoms with Crippen molar-refractivity contribution in [3.8, 4) is 5.75 Å². The molecule has 4 heteroatoms. The third-order valence-corrected chi connectivity index (χ3v) is 3.26. The fourth-order valence-corrected chi connectivity index (χ4v) is 2.05. The molecule has 0 saturated carbocycles. The molecule has 1 N–H and O–H groups in total. The number of hydrogen-bond donors (Lipinski definition) is 1. The maximum Gasteiger partial charge on any atom is 0.165 e. The predicted molar refractivity (Wildman–Crippen MR) is 74.4 cm³/mol. The molecule has 0 heterocycles. The fraction of sp³-hybridized carbons (Fsp3) is 0.143. The Labute approximate surface area is 114 Å². The van der Waals surface area contributed by atoms with Crippen molar-refractivity contribution in [1.29, 1.82) is 0 Å². The van der Waals surface area contributed by atoms with Crippen molar-refractivity contribution >= 4 is 21.6 Å². The molecule has 2 aromatic carbocycles. The van der Waals surface area contributed by atoms with E-state index in [0.29, 0.717) is 6.54 Å². The molecule has 0 amide bonds. The minimum absolute atomic E-state index is 0.264. The quantitative estimate of drug-likeness (QED) is 0.913. The third kappa shape index (κ3) is 3.01. The van der Waals surface area contributed by atoms with Gasteiger partial charge in [-0.25, -0.2) is 4.39 Å². The van der Waals surface area contributed by atoms with Crippen molar-refractivity contribution < 1.29 is 9.13 Å². The summed E-state index contributed by atoms with van der Waals surface area (Å²) in [5, 5.41) is 3.24. The molecule has 0 fully saturated rings. The molecule has 2 nitrogen and oxygen atoms in total. The number of hydrogen-bond acceptors (Lipinski definition) is 2. The first kappa shape index (κ1) is 12.9. The average molecular weight is 310 g/mol. The molecule has 0 aromatic heterocycles. The van der Waals surface area contributed by atoms with E-state index in [1.165, 1.54) is 13.2 Å². The number of para-hydroxylation sites is 1. The number of halogens is 2. The van der Waals surface area contributed by atoms with Crippen LogP contribution in [0.1, 0.15) is 5.56 Å². The van der Waals surface area contributed by atoms with Gasteiger partial charge in [-0.05, 0) is 45.8 Å². The van der Waals surface area contributed by atoms with Gasteiger partial charge < -0.3 is 10.1 Å². The van der Waals surface area contributed by atoms with Crippen LogP contribution in [0.25, 0.3) is 0 Å². The highest BCUT2D eigenvalue weighted by molar-refractivity contribution is 9.10. The minimum Gasteiger partial charge on any atom is -0.494 e. The van der Waals surface area contributed by atoms with E-state index in [4.69, 9.17) is 4.74 Å². The molecular weight excluding hydrogens is 297 g/mol. The van der Waals surface area contributed by atoms with Gasteiger partial charge in [-0.1, -0.05) is 18.2 Å². The van der Waals surface area contributed by atoms with E-state index in [1.807, 2.05) is 30.3 Å². The Morgan fingerprint density at radius 1 is 1.22 bits per heavy atom. The van der Waals surface area contributed by atoms with E-state index < -0.39 is 0 Å². The molecule has 94 valence electrons. The second-order valence-corrected chi connectivity index (χ2v) is 4.66. The lowest BCUT2D eigenvalue weighted by Gasteiger charge is -2.09. The molecule has 0 radical (unpaired) electrons.